The maximum Gasteiger partial charge on any atom is 0.253 e. The van der Waals surface area contributed by atoms with E-state index in [0.29, 0.717) is 16.3 Å². The predicted octanol–water partition coefficient (Wildman–Crippen LogP) is 3.76. The number of anilines is 1. The number of nitrogens with one attached hydrogen (secondary N) is 1. The third kappa shape index (κ3) is 4.15. The average molecular weight is 343 g/mol. The van der Waals surface area contributed by atoms with Gasteiger partial charge >= 0.3 is 0 Å². The van der Waals surface area contributed by atoms with Crippen molar-refractivity contribution in [3.8, 4) is 0 Å². The van der Waals surface area contributed by atoms with Crippen LogP contribution in [0.25, 0.3) is 0 Å². The van der Waals surface area contributed by atoms with Crippen LogP contribution in [0.2, 0.25) is 5.02 Å². The third-order valence-corrected chi connectivity index (χ3v) is 4.32. The van der Waals surface area contributed by atoms with Gasteiger partial charge < -0.3 is 10.2 Å². The van der Waals surface area contributed by atoms with Gasteiger partial charge in [0, 0.05) is 29.4 Å². The molecule has 2 aromatic rings. The highest BCUT2D eigenvalue weighted by molar-refractivity contribution is 6.30. The van der Waals surface area contributed by atoms with Crippen LogP contribution in [-0.2, 0) is 11.2 Å². The van der Waals surface area contributed by atoms with Crippen LogP contribution in [0.4, 0.5) is 5.69 Å². The smallest absolute Gasteiger partial charge is 0.253 e. The monoisotopic (exact) mass is 342 g/mol. The Morgan fingerprint density at radius 2 is 1.75 bits per heavy atom. The van der Waals surface area contributed by atoms with Crippen molar-refractivity contribution in [2.45, 2.75) is 19.3 Å². The number of hydrogen-bond acceptors (Lipinski definition) is 2. The molecule has 0 spiro atoms. The lowest BCUT2D eigenvalue weighted by atomic mass is 10.1. The Morgan fingerprint density at radius 3 is 2.46 bits per heavy atom. The molecule has 0 unspecified atom stereocenters. The van der Waals surface area contributed by atoms with E-state index in [1.54, 1.807) is 36.4 Å². The SMILES string of the molecule is O=C(Cc1ccc(Cl)cc1)Nc1cccc(C(=O)N2CCCC2)c1. The van der Waals surface area contributed by atoms with E-state index in [2.05, 4.69) is 5.32 Å². The predicted molar refractivity (Wildman–Crippen MR) is 95.4 cm³/mol. The molecule has 1 fully saturated rings. The van der Waals surface area contributed by atoms with Crippen LogP contribution in [0.3, 0.4) is 0 Å². The van der Waals surface area contributed by atoms with Gasteiger partial charge in [0.05, 0.1) is 6.42 Å². The molecule has 1 heterocycles. The standard InChI is InChI=1S/C19H19ClN2O2/c20-16-8-6-14(7-9-16)12-18(23)21-17-5-3-4-15(13-17)19(24)22-10-1-2-11-22/h3-9,13H,1-2,10-12H2,(H,21,23). The van der Waals surface area contributed by atoms with Gasteiger partial charge in [0.2, 0.25) is 5.91 Å². The van der Waals surface area contributed by atoms with Gasteiger partial charge in [-0.05, 0) is 48.7 Å². The number of likely N-dealkylation sites (tertiary alicyclic amines) is 1. The van der Waals surface area contributed by atoms with Crippen LogP contribution in [0, 0.1) is 0 Å². The Kier molecular flexibility index (Phi) is 5.16. The van der Waals surface area contributed by atoms with E-state index in [9.17, 15) is 9.59 Å². The lowest BCUT2D eigenvalue weighted by molar-refractivity contribution is -0.115. The lowest BCUT2D eigenvalue weighted by Crippen LogP contribution is -2.27. The normalized spacial score (nSPS) is 13.8. The van der Waals surface area contributed by atoms with E-state index in [4.69, 9.17) is 11.6 Å². The van der Waals surface area contributed by atoms with Crippen molar-refractivity contribution in [2.24, 2.45) is 0 Å². The molecule has 1 N–H and O–H groups in total. The maximum absolute atomic E-state index is 12.4. The molecule has 1 aliphatic rings. The van der Waals surface area contributed by atoms with Crippen molar-refractivity contribution in [3.63, 3.8) is 0 Å². The highest BCUT2D eigenvalue weighted by Gasteiger charge is 2.19. The van der Waals surface area contributed by atoms with Crippen molar-refractivity contribution in [1.29, 1.82) is 0 Å². The minimum Gasteiger partial charge on any atom is -0.339 e. The zero-order valence-electron chi connectivity index (χ0n) is 13.3. The average Bonchev–Trinajstić information content (AvgIpc) is 3.11. The van der Waals surface area contributed by atoms with Gasteiger partial charge in [-0.15, -0.1) is 0 Å². The minimum atomic E-state index is -0.122. The van der Waals surface area contributed by atoms with Gasteiger partial charge in [-0.25, -0.2) is 0 Å². The zero-order chi connectivity index (χ0) is 16.9. The van der Waals surface area contributed by atoms with Gasteiger partial charge in [-0.1, -0.05) is 29.8 Å². The molecule has 0 atom stereocenters. The van der Waals surface area contributed by atoms with E-state index in [1.807, 2.05) is 17.0 Å². The summed E-state index contributed by atoms with van der Waals surface area (Å²) in [6.45, 7) is 1.62. The molecule has 0 saturated carbocycles. The minimum absolute atomic E-state index is 0.0290. The van der Waals surface area contributed by atoms with Crippen molar-refractivity contribution in [3.05, 3.63) is 64.7 Å². The van der Waals surface area contributed by atoms with Crippen LogP contribution in [0.1, 0.15) is 28.8 Å². The molecule has 4 nitrogen and oxygen atoms in total. The number of carbonyl (C=O) groups excluding carboxylic acids is 2. The zero-order valence-corrected chi connectivity index (χ0v) is 14.1. The summed E-state index contributed by atoms with van der Waals surface area (Å²) in [4.78, 5) is 26.4. The lowest BCUT2D eigenvalue weighted by Gasteiger charge is -2.15. The largest absolute Gasteiger partial charge is 0.339 e. The van der Waals surface area contributed by atoms with Crippen molar-refractivity contribution in [2.75, 3.05) is 18.4 Å². The van der Waals surface area contributed by atoms with E-state index in [0.717, 1.165) is 31.5 Å². The molecule has 5 heteroatoms. The van der Waals surface area contributed by atoms with Gasteiger partial charge in [-0.2, -0.15) is 0 Å². The number of benzene rings is 2. The Bertz CT molecular complexity index is 737. The summed E-state index contributed by atoms with van der Waals surface area (Å²) in [5.74, 6) is -0.0932. The van der Waals surface area contributed by atoms with E-state index in [-0.39, 0.29) is 18.2 Å². The molecule has 0 aromatic heterocycles. The first-order chi connectivity index (χ1) is 11.6. The molecule has 124 valence electrons. The Balaban J connectivity index is 1.64. The second kappa shape index (κ2) is 7.49. The summed E-state index contributed by atoms with van der Waals surface area (Å²) in [7, 11) is 0. The molecule has 3 rings (SSSR count). The molecule has 0 bridgehead atoms. The molecule has 1 saturated heterocycles. The molecular formula is C19H19ClN2O2. The number of nitrogens with zero attached hydrogens (tertiary/aromatic N) is 1. The summed E-state index contributed by atoms with van der Waals surface area (Å²) < 4.78 is 0. The first-order valence-electron chi connectivity index (χ1n) is 8.05. The molecule has 2 amide bonds. The summed E-state index contributed by atoms with van der Waals surface area (Å²) in [5.41, 5.74) is 2.14. The van der Waals surface area contributed by atoms with E-state index >= 15 is 0 Å². The number of rotatable bonds is 4. The maximum atomic E-state index is 12.4. The van der Waals surface area contributed by atoms with Crippen molar-refractivity contribution >= 4 is 29.1 Å². The number of amides is 2. The fourth-order valence-corrected chi connectivity index (χ4v) is 2.95. The highest BCUT2D eigenvalue weighted by atomic mass is 35.5. The quantitative estimate of drug-likeness (QED) is 0.919. The summed E-state index contributed by atoms with van der Waals surface area (Å²) >= 11 is 5.84. The van der Waals surface area contributed by atoms with Gasteiger partial charge in [-0.3, -0.25) is 9.59 Å². The number of hydrogen-bond donors (Lipinski definition) is 1. The Morgan fingerprint density at radius 1 is 1.04 bits per heavy atom. The molecular weight excluding hydrogens is 324 g/mol. The number of halogens is 1. The van der Waals surface area contributed by atoms with Gasteiger partial charge in [0.1, 0.15) is 0 Å². The van der Waals surface area contributed by atoms with Crippen LogP contribution >= 0.6 is 11.6 Å². The first-order valence-corrected chi connectivity index (χ1v) is 8.43. The van der Waals surface area contributed by atoms with Crippen LogP contribution in [0.15, 0.2) is 48.5 Å². The molecule has 2 aromatic carbocycles. The van der Waals surface area contributed by atoms with Crippen molar-refractivity contribution < 1.29 is 9.59 Å². The number of carbonyl (C=O) groups is 2. The van der Waals surface area contributed by atoms with Crippen LogP contribution in [-0.4, -0.2) is 29.8 Å². The summed E-state index contributed by atoms with van der Waals surface area (Å²) in [6.07, 6.45) is 2.38. The second-order valence-electron chi connectivity index (χ2n) is 5.93. The van der Waals surface area contributed by atoms with Crippen molar-refractivity contribution in [1.82, 2.24) is 4.90 Å². The van der Waals surface area contributed by atoms with Crippen LogP contribution < -0.4 is 5.32 Å². The highest BCUT2D eigenvalue weighted by Crippen LogP contribution is 2.17. The second-order valence-corrected chi connectivity index (χ2v) is 6.37. The first kappa shape index (κ1) is 16.5. The Hall–Kier alpha value is -2.33. The molecule has 24 heavy (non-hydrogen) atoms. The van der Waals surface area contributed by atoms with Gasteiger partial charge in [0.15, 0.2) is 0 Å². The van der Waals surface area contributed by atoms with Gasteiger partial charge in [0.25, 0.3) is 5.91 Å². The third-order valence-electron chi connectivity index (χ3n) is 4.06. The topological polar surface area (TPSA) is 49.4 Å². The Labute approximate surface area is 146 Å². The summed E-state index contributed by atoms with van der Waals surface area (Å²) in [5, 5.41) is 3.49. The molecule has 0 radical (unpaired) electrons. The molecule has 1 aliphatic heterocycles. The molecule has 0 aliphatic carbocycles. The summed E-state index contributed by atoms with van der Waals surface area (Å²) in [6, 6.07) is 14.3. The van der Waals surface area contributed by atoms with Crippen LogP contribution in [0.5, 0.6) is 0 Å². The fraction of sp³-hybridized carbons (Fsp3) is 0.263. The van der Waals surface area contributed by atoms with E-state index in [1.165, 1.54) is 0 Å². The van der Waals surface area contributed by atoms with E-state index < -0.39 is 0 Å². The fourth-order valence-electron chi connectivity index (χ4n) is 2.83.